The molecule has 0 bridgehead atoms. The molecule has 0 unspecified atom stereocenters. The van der Waals surface area contributed by atoms with Crippen molar-refractivity contribution in [3.8, 4) is 0 Å². The van der Waals surface area contributed by atoms with Crippen molar-refractivity contribution in [1.82, 2.24) is 14.8 Å². The summed E-state index contributed by atoms with van der Waals surface area (Å²) in [5.74, 6) is 1.07. The van der Waals surface area contributed by atoms with E-state index in [9.17, 15) is 4.79 Å². The predicted octanol–water partition coefficient (Wildman–Crippen LogP) is 2.66. The molecule has 5 nitrogen and oxygen atoms in total. The molecule has 0 spiro atoms. The molecule has 20 heavy (non-hydrogen) atoms. The van der Waals surface area contributed by atoms with Crippen LogP contribution in [0.3, 0.4) is 0 Å². The summed E-state index contributed by atoms with van der Waals surface area (Å²) in [7, 11) is 0. The summed E-state index contributed by atoms with van der Waals surface area (Å²) in [4.78, 5) is 16.7. The lowest BCUT2D eigenvalue weighted by Gasteiger charge is -2.09. The van der Waals surface area contributed by atoms with Gasteiger partial charge < -0.3 is 5.32 Å². The molecule has 1 aliphatic rings. The SMILES string of the molecule is CC(C)Nc1cccc(C(=O)n2ccc(C3CC3)n2)n1. The van der Waals surface area contributed by atoms with Crippen molar-refractivity contribution >= 4 is 11.7 Å². The molecule has 2 aromatic heterocycles. The van der Waals surface area contributed by atoms with Crippen molar-refractivity contribution in [2.45, 2.75) is 38.6 Å². The van der Waals surface area contributed by atoms with Gasteiger partial charge in [-0.1, -0.05) is 6.07 Å². The van der Waals surface area contributed by atoms with Gasteiger partial charge in [-0.2, -0.15) is 5.10 Å². The van der Waals surface area contributed by atoms with Crippen molar-refractivity contribution in [2.75, 3.05) is 5.32 Å². The van der Waals surface area contributed by atoms with Crippen LogP contribution in [0.25, 0.3) is 0 Å². The van der Waals surface area contributed by atoms with E-state index in [2.05, 4.69) is 15.4 Å². The van der Waals surface area contributed by atoms with Crippen LogP contribution in [0.4, 0.5) is 5.82 Å². The number of nitrogens with one attached hydrogen (secondary N) is 1. The van der Waals surface area contributed by atoms with Crippen molar-refractivity contribution in [3.05, 3.63) is 41.9 Å². The Morgan fingerprint density at radius 3 is 2.85 bits per heavy atom. The monoisotopic (exact) mass is 270 g/mol. The maximum Gasteiger partial charge on any atom is 0.296 e. The van der Waals surface area contributed by atoms with Crippen LogP contribution in [0.15, 0.2) is 30.5 Å². The Morgan fingerprint density at radius 2 is 2.15 bits per heavy atom. The quantitative estimate of drug-likeness (QED) is 0.928. The Hall–Kier alpha value is -2.17. The fraction of sp³-hybridized carbons (Fsp3) is 0.400. The molecule has 0 aliphatic heterocycles. The first-order valence-corrected chi connectivity index (χ1v) is 6.97. The van der Waals surface area contributed by atoms with E-state index in [4.69, 9.17) is 0 Å². The van der Waals surface area contributed by atoms with Crippen molar-refractivity contribution in [2.24, 2.45) is 0 Å². The van der Waals surface area contributed by atoms with Crippen LogP contribution in [-0.4, -0.2) is 26.7 Å². The number of carbonyl (C=O) groups excluding carboxylic acids is 1. The van der Waals surface area contributed by atoms with Gasteiger partial charge in [-0.3, -0.25) is 4.79 Å². The van der Waals surface area contributed by atoms with Gasteiger partial charge in [-0.15, -0.1) is 0 Å². The molecular formula is C15H18N4O. The second-order valence-corrected chi connectivity index (χ2v) is 5.47. The van der Waals surface area contributed by atoms with Crippen molar-refractivity contribution in [3.63, 3.8) is 0 Å². The highest BCUT2D eigenvalue weighted by atomic mass is 16.2. The molecule has 1 saturated carbocycles. The molecular weight excluding hydrogens is 252 g/mol. The Kier molecular flexibility index (Phi) is 3.26. The van der Waals surface area contributed by atoms with Crippen molar-refractivity contribution in [1.29, 1.82) is 0 Å². The first kappa shape index (κ1) is 12.8. The Balaban J connectivity index is 1.81. The van der Waals surface area contributed by atoms with E-state index in [1.807, 2.05) is 32.0 Å². The summed E-state index contributed by atoms with van der Waals surface area (Å²) in [5, 5.41) is 7.54. The number of carbonyl (C=O) groups is 1. The molecule has 0 atom stereocenters. The van der Waals surface area contributed by atoms with Gasteiger partial charge in [-0.05, 0) is 44.9 Å². The molecule has 1 aliphatic carbocycles. The lowest BCUT2D eigenvalue weighted by atomic mass is 10.3. The number of pyridine rings is 1. The topological polar surface area (TPSA) is 59.8 Å². The van der Waals surface area contributed by atoms with Crippen LogP contribution in [-0.2, 0) is 0 Å². The number of nitrogens with zero attached hydrogens (tertiary/aromatic N) is 3. The van der Waals surface area contributed by atoms with E-state index < -0.39 is 0 Å². The van der Waals surface area contributed by atoms with E-state index in [1.54, 1.807) is 12.3 Å². The fourth-order valence-corrected chi connectivity index (χ4v) is 2.10. The largest absolute Gasteiger partial charge is 0.368 e. The van der Waals surface area contributed by atoms with Gasteiger partial charge in [0.2, 0.25) is 0 Å². The second-order valence-electron chi connectivity index (χ2n) is 5.47. The fourth-order valence-electron chi connectivity index (χ4n) is 2.10. The van der Waals surface area contributed by atoms with E-state index >= 15 is 0 Å². The van der Waals surface area contributed by atoms with E-state index in [0.717, 1.165) is 5.69 Å². The number of rotatable bonds is 4. The molecule has 0 amide bonds. The van der Waals surface area contributed by atoms with Crippen molar-refractivity contribution < 1.29 is 4.79 Å². The van der Waals surface area contributed by atoms with Crippen LogP contribution in [0.1, 0.15) is 48.8 Å². The summed E-state index contributed by atoms with van der Waals surface area (Å²) in [5.41, 5.74) is 1.41. The highest BCUT2D eigenvalue weighted by Crippen LogP contribution is 2.38. The molecule has 0 aromatic carbocycles. The number of hydrogen-bond donors (Lipinski definition) is 1. The highest BCUT2D eigenvalue weighted by Gasteiger charge is 2.26. The standard InChI is InChI=1S/C15H18N4O/c1-10(2)16-14-5-3-4-13(17-14)15(20)19-9-8-12(18-19)11-6-7-11/h3-5,8-11H,6-7H2,1-2H3,(H,16,17). The third-order valence-corrected chi connectivity index (χ3v) is 3.22. The molecule has 0 radical (unpaired) electrons. The molecule has 2 aromatic rings. The van der Waals surface area contributed by atoms with E-state index in [1.165, 1.54) is 17.5 Å². The van der Waals surface area contributed by atoms with Crippen LogP contribution in [0, 0.1) is 0 Å². The summed E-state index contributed by atoms with van der Waals surface area (Å²) < 4.78 is 1.38. The predicted molar refractivity (Wildman–Crippen MR) is 76.9 cm³/mol. The third-order valence-electron chi connectivity index (χ3n) is 3.22. The average Bonchev–Trinajstić information content (AvgIpc) is 3.15. The summed E-state index contributed by atoms with van der Waals surface area (Å²) in [6.07, 6.45) is 4.08. The zero-order valence-corrected chi connectivity index (χ0v) is 11.7. The molecule has 0 saturated heterocycles. The van der Waals surface area contributed by atoms with Gasteiger partial charge in [0.15, 0.2) is 0 Å². The third kappa shape index (κ3) is 2.71. The minimum absolute atomic E-state index is 0.190. The highest BCUT2D eigenvalue weighted by molar-refractivity contribution is 5.93. The Bertz CT molecular complexity index is 628. The minimum Gasteiger partial charge on any atom is -0.368 e. The molecule has 2 heterocycles. The lowest BCUT2D eigenvalue weighted by Crippen LogP contribution is -2.17. The van der Waals surface area contributed by atoms with Crippen LogP contribution < -0.4 is 5.32 Å². The summed E-state index contributed by atoms with van der Waals surface area (Å²) in [6, 6.07) is 7.60. The van der Waals surface area contributed by atoms with Crippen LogP contribution in [0.5, 0.6) is 0 Å². The van der Waals surface area contributed by atoms with Gasteiger partial charge in [0.25, 0.3) is 5.91 Å². The van der Waals surface area contributed by atoms with Crippen LogP contribution >= 0.6 is 0 Å². The number of hydrogen-bond acceptors (Lipinski definition) is 4. The Morgan fingerprint density at radius 1 is 1.35 bits per heavy atom. The Labute approximate surface area is 118 Å². The zero-order valence-electron chi connectivity index (χ0n) is 11.7. The molecule has 1 N–H and O–H groups in total. The molecule has 1 fully saturated rings. The van der Waals surface area contributed by atoms with Gasteiger partial charge in [0.1, 0.15) is 11.5 Å². The number of aromatic nitrogens is 3. The van der Waals surface area contributed by atoms with E-state index in [-0.39, 0.29) is 11.9 Å². The molecule has 104 valence electrons. The average molecular weight is 270 g/mol. The lowest BCUT2D eigenvalue weighted by molar-refractivity contribution is 0.0939. The van der Waals surface area contributed by atoms with Crippen LogP contribution in [0.2, 0.25) is 0 Å². The minimum atomic E-state index is -0.190. The first-order chi connectivity index (χ1) is 9.63. The van der Waals surface area contributed by atoms with E-state index in [0.29, 0.717) is 17.4 Å². The summed E-state index contributed by atoms with van der Waals surface area (Å²) in [6.45, 7) is 4.07. The first-order valence-electron chi connectivity index (χ1n) is 6.97. The number of anilines is 1. The molecule has 5 heteroatoms. The maximum absolute atomic E-state index is 12.4. The molecule has 3 rings (SSSR count). The van der Waals surface area contributed by atoms with Gasteiger partial charge in [0, 0.05) is 18.2 Å². The maximum atomic E-state index is 12.4. The van der Waals surface area contributed by atoms with Gasteiger partial charge >= 0.3 is 0 Å². The smallest absolute Gasteiger partial charge is 0.296 e. The second kappa shape index (κ2) is 5.07. The van der Waals surface area contributed by atoms with Gasteiger partial charge in [0.05, 0.1) is 5.69 Å². The zero-order chi connectivity index (χ0) is 14.1. The van der Waals surface area contributed by atoms with Gasteiger partial charge in [-0.25, -0.2) is 9.67 Å². The summed E-state index contributed by atoms with van der Waals surface area (Å²) >= 11 is 0. The normalized spacial score (nSPS) is 14.6.